The Morgan fingerprint density at radius 2 is 1.83 bits per heavy atom. The lowest BCUT2D eigenvalue weighted by atomic mass is 9.91. The molecule has 0 bridgehead atoms. The Kier molecular flexibility index (Phi) is 5.75. The molecule has 2 amide bonds. The lowest BCUT2D eigenvalue weighted by Crippen LogP contribution is -2.47. The van der Waals surface area contributed by atoms with Crippen molar-refractivity contribution in [3.63, 3.8) is 0 Å². The number of benzene rings is 1. The van der Waals surface area contributed by atoms with Gasteiger partial charge in [0, 0.05) is 23.9 Å². The van der Waals surface area contributed by atoms with Crippen LogP contribution in [0.4, 0.5) is 0 Å². The van der Waals surface area contributed by atoms with E-state index < -0.39 is 0 Å². The number of aryl methyl sites for hydroxylation is 1. The van der Waals surface area contributed by atoms with E-state index in [-0.39, 0.29) is 35.9 Å². The molecule has 1 saturated carbocycles. The second-order valence-electron chi connectivity index (χ2n) is 9.94. The maximum Gasteiger partial charge on any atom is 0.243 e. The van der Waals surface area contributed by atoms with Crippen LogP contribution in [-0.4, -0.2) is 40.7 Å². The topological polar surface area (TPSA) is 40.6 Å². The van der Waals surface area contributed by atoms with Crippen molar-refractivity contribution in [1.82, 2.24) is 9.80 Å². The van der Waals surface area contributed by atoms with Crippen LogP contribution in [0.2, 0.25) is 0 Å². The van der Waals surface area contributed by atoms with Crippen LogP contribution in [0.3, 0.4) is 0 Å². The smallest absolute Gasteiger partial charge is 0.243 e. The molecule has 0 radical (unpaired) electrons. The molecule has 2 heterocycles. The molecular formula is C25H32N2O2S. The highest BCUT2D eigenvalue weighted by Gasteiger charge is 2.38. The summed E-state index contributed by atoms with van der Waals surface area (Å²) in [4.78, 5) is 31.7. The van der Waals surface area contributed by atoms with Gasteiger partial charge in [-0.15, -0.1) is 11.3 Å². The van der Waals surface area contributed by atoms with Gasteiger partial charge in [-0.3, -0.25) is 9.59 Å². The van der Waals surface area contributed by atoms with Crippen molar-refractivity contribution in [2.24, 2.45) is 5.41 Å². The standard InChI is InChI=1S/C25H32N2O2S/c1-17-5-7-18(8-6-17)24-20-12-14-30-21(20)11-13-26(24)23(29)16-27(19-9-10-19)22(28)15-25(2,3)4/h5-8,12,14,19,24H,9-11,13,15-16H2,1-4H3/t24-/m1/s1. The highest BCUT2D eigenvalue weighted by atomic mass is 32.1. The van der Waals surface area contributed by atoms with Crippen molar-refractivity contribution >= 4 is 23.2 Å². The first-order valence-electron chi connectivity index (χ1n) is 10.9. The van der Waals surface area contributed by atoms with Crippen LogP contribution < -0.4 is 0 Å². The van der Waals surface area contributed by atoms with Crippen LogP contribution in [0, 0.1) is 12.3 Å². The average molecular weight is 425 g/mol. The van der Waals surface area contributed by atoms with Gasteiger partial charge in [0.15, 0.2) is 0 Å². The Morgan fingerprint density at radius 1 is 1.13 bits per heavy atom. The van der Waals surface area contributed by atoms with Gasteiger partial charge < -0.3 is 9.80 Å². The molecule has 160 valence electrons. The molecule has 0 spiro atoms. The van der Waals surface area contributed by atoms with E-state index in [0.29, 0.717) is 13.0 Å². The summed E-state index contributed by atoms with van der Waals surface area (Å²) in [5.41, 5.74) is 3.52. The minimum Gasteiger partial charge on any atom is -0.330 e. The summed E-state index contributed by atoms with van der Waals surface area (Å²) in [5.74, 6) is 0.171. The molecule has 30 heavy (non-hydrogen) atoms. The first kappa shape index (κ1) is 21.1. The van der Waals surface area contributed by atoms with Crippen LogP contribution in [0.1, 0.15) is 67.6 Å². The molecule has 1 fully saturated rings. The molecule has 0 saturated heterocycles. The number of thiophene rings is 1. The second kappa shape index (κ2) is 8.18. The fourth-order valence-corrected chi connectivity index (χ4v) is 5.20. The van der Waals surface area contributed by atoms with Gasteiger partial charge >= 0.3 is 0 Å². The summed E-state index contributed by atoms with van der Waals surface area (Å²) in [5, 5.41) is 2.13. The summed E-state index contributed by atoms with van der Waals surface area (Å²) in [6, 6.07) is 10.8. The van der Waals surface area contributed by atoms with Crippen molar-refractivity contribution in [2.75, 3.05) is 13.1 Å². The minimum absolute atomic E-state index is 0.0617. The van der Waals surface area contributed by atoms with E-state index in [0.717, 1.165) is 24.8 Å². The Bertz CT molecular complexity index is 921. The minimum atomic E-state index is -0.0750. The highest BCUT2D eigenvalue weighted by Crippen LogP contribution is 2.38. The predicted molar refractivity (Wildman–Crippen MR) is 122 cm³/mol. The third-order valence-electron chi connectivity index (χ3n) is 5.97. The van der Waals surface area contributed by atoms with Gasteiger partial charge in [0.1, 0.15) is 6.54 Å². The molecule has 2 aromatic rings. The molecular weight excluding hydrogens is 392 g/mol. The van der Waals surface area contributed by atoms with Gasteiger partial charge in [0.05, 0.1) is 6.04 Å². The van der Waals surface area contributed by atoms with Crippen LogP contribution in [0.5, 0.6) is 0 Å². The molecule has 2 aliphatic rings. The summed E-state index contributed by atoms with van der Waals surface area (Å²) in [6.07, 6.45) is 3.39. The maximum absolute atomic E-state index is 13.5. The predicted octanol–water partition coefficient (Wildman–Crippen LogP) is 4.96. The van der Waals surface area contributed by atoms with Crippen LogP contribution in [0.15, 0.2) is 35.7 Å². The van der Waals surface area contributed by atoms with Gasteiger partial charge in [-0.2, -0.15) is 0 Å². The van der Waals surface area contributed by atoms with E-state index in [4.69, 9.17) is 0 Å². The first-order valence-corrected chi connectivity index (χ1v) is 11.8. The third kappa shape index (κ3) is 4.61. The second-order valence-corrected chi connectivity index (χ2v) is 10.9. The summed E-state index contributed by atoms with van der Waals surface area (Å²) >= 11 is 1.78. The number of carbonyl (C=O) groups excluding carboxylic acids is 2. The summed E-state index contributed by atoms with van der Waals surface area (Å²) in [6.45, 7) is 9.21. The Balaban J connectivity index is 1.58. The molecule has 1 aromatic carbocycles. The zero-order chi connectivity index (χ0) is 21.5. The molecule has 4 nitrogen and oxygen atoms in total. The number of carbonyl (C=O) groups is 2. The van der Waals surface area contributed by atoms with E-state index >= 15 is 0 Å². The lowest BCUT2D eigenvalue weighted by Gasteiger charge is -2.38. The average Bonchev–Trinajstić information content (AvgIpc) is 3.40. The van der Waals surface area contributed by atoms with Crippen molar-refractivity contribution < 1.29 is 9.59 Å². The van der Waals surface area contributed by atoms with Crippen LogP contribution in [0.25, 0.3) is 0 Å². The van der Waals surface area contributed by atoms with E-state index in [1.54, 1.807) is 11.3 Å². The number of rotatable bonds is 5. The van der Waals surface area contributed by atoms with Crippen molar-refractivity contribution in [3.8, 4) is 0 Å². The van der Waals surface area contributed by atoms with Crippen molar-refractivity contribution in [2.45, 2.75) is 65.5 Å². The Labute approximate surface area is 183 Å². The molecule has 1 aromatic heterocycles. The van der Waals surface area contributed by atoms with E-state index in [1.807, 2.05) is 9.80 Å². The van der Waals surface area contributed by atoms with Gasteiger partial charge in [-0.05, 0) is 54.2 Å². The zero-order valence-corrected chi connectivity index (χ0v) is 19.3. The molecule has 4 rings (SSSR count). The molecule has 5 heteroatoms. The summed E-state index contributed by atoms with van der Waals surface area (Å²) < 4.78 is 0. The van der Waals surface area contributed by atoms with Crippen molar-refractivity contribution in [1.29, 1.82) is 0 Å². The number of amides is 2. The molecule has 1 aliphatic carbocycles. The van der Waals surface area contributed by atoms with E-state index in [9.17, 15) is 9.59 Å². The molecule has 0 unspecified atom stereocenters. The van der Waals surface area contributed by atoms with Gasteiger partial charge in [-0.25, -0.2) is 0 Å². The molecule has 1 aliphatic heterocycles. The fourth-order valence-electron chi connectivity index (χ4n) is 4.29. The zero-order valence-electron chi connectivity index (χ0n) is 18.5. The molecule has 1 atom stereocenters. The van der Waals surface area contributed by atoms with E-state index in [1.165, 1.54) is 16.0 Å². The maximum atomic E-state index is 13.5. The van der Waals surface area contributed by atoms with Crippen LogP contribution in [-0.2, 0) is 16.0 Å². The summed E-state index contributed by atoms with van der Waals surface area (Å²) in [7, 11) is 0. The van der Waals surface area contributed by atoms with Gasteiger partial charge in [-0.1, -0.05) is 50.6 Å². The Morgan fingerprint density at radius 3 is 2.47 bits per heavy atom. The SMILES string of the molecule is Cc1ccc([C@@H]2c3ccsc3CCN2C(=O)CN(C(=O)CC(C)(C)C)C2CC2)cc1. The van der Waals surface area contributed by atoms with E-state index in [2.05, 4.69) is 63.4 Å². The van der Waals surface area contributed by atoms with Crippen molar-refractivity contribution in [3.05, 3.63) is 57.3 Å². The Hall–Kier alpha value is -2.14. The third-order valence-corrected chi connectivity index (χ3v) is 6.97. The lowest BCUT2D eigenvalue weighted by molar-refractivity contribution is -0.143. The van der Waals surface area contributed by atoms with Gasteiger partial charge in [0.2, 0.25) is 11.8 Å². The first-order chi connectivity index (χ1) is 14.2. The van der Waals surface area contributed by atoms with Gasteiger partial charge in [0.25, 0.3) is 0 Å². The monoisotopic (exact) mass is 424 g/mol. The normalized spacial score (nSPS) is 18.8. The number of fused-ring (bicyclic) bond motifs is 1. The quantitative estimate of drug-likeness (QED) is 0.681. The van der Waals surface area contributed by atoms with Crippen LogP contribution >= 0.6 is 11.3 Å². The number of hydrogen-bond donors (Lipinski definition) is 0. The fraction of sp³-hybridized carbons (Fsp3) is 0.520. The number of hydrogen-bond acceptors (Lipinski definition) is 3. The molecule has 0 N–H and O–H groups in total. The largest absolute Gasteiger partial charge is 0.330 e. The highest BCUT2D eigenvalue weighted by molar-refractivity contribution is 7.10. The number of nitrogens with zero attached hydrogens (tertiary/aromatic N) is 2.